The lowest BCUT2D eigenvalue weighted by molar-refractivity contribution is -0.147. The molecule has 0 spiro atoms. The third-order valence-corrected chi connectivity index (χ3v) is 3.98. The molecule has 0 saturated carbocycles. The van der Waals surface area contributed by atoms with E-state index in [-0.39, 0.29) is 6.42 Å². The monoisotopic (exact) mass is 401 g/mol. The SMILES string of the molecule is COC(=O)[C@@H](Cc1ccccc1)NC(=O)COC(=O)/C=C/c1ccc(Cl)cc1. The van der Waals surface area contributed by atoms with E-state index in [2.05, 4.69) is 5.32 Å². The zero-order chi connectivity index (χ0) is 20.4. The van der Waals surface area contributed by atoms with Gasteiger partial charge in [-0.3, -0.25) is 4.79 Å². The Kier molecular flexibility index (Phi) is 8.24. The van der Waals surface area contributed by atoms with Crippen LogP contribution in [0.5, 0.6) is 0 Å². The van der Waals surface area contributed by atoms with Gasteiger partial charge in [0.2, 0.25) is 0 Å². The number of carbonyl (C=O) groups is 3. The molecule has 6 nitrogen and oxygen atoms in total. The molecule has 0 fully saturated rings. The number of amides is 1. The lowest BCUT2D eigenvalue weighted by Crippen LogP contribution is -2.44. The lowest BCUT2D eigenvalue weighted by Gasteiger charge is -2.16. The summed E-state index contributed by atoms with van der Waals surface area (Å²) in [5, 5.41) is 3.11. The maximum atomic E-state index is 12.0. The first-order valence-electron chi connectivity index (χ1n) is 8.49. The summed E-state index contributed by atoms with van der Waals surface area (Å²) >= 11 is 5.79. The van der Waals surface area contributed by atoms with Crippen LogP contribution < -0.4 is 5.32 Å². The van der Waals surface area contributed by atoms with Crippen molar-refractivity contribution in [3.63, 3.8) is 0 Å². The van der Waals surface area contributed by atoms with Gasteiger partial charge in [-0.2, -0.15) is 0 Å². The fraction of sp³-hybridized carbons (Fsp3) is 0.190. The van der Waals surface area contributed by atoms with Crippen LogP contribution in [0.15, 0.2) is 60.7 Å². The van der Waals surface area contributed by atoms with Gasteiger partial charge in [0.05, 0.1) is 7.11 Å². The molecule has 1 atom stereocenters. The van der Waals surface area contributed by atoms with Gasteiger partial charge in [-0.25, -0.2) is 9.59 Å². The Hall–Kier alpha value is -3.12. The molecule has 0 heterocycles. The molecular weight excluding hydrogens is 382 g/mol. The number of esters is 2. The Labute approximate surface area is 168 Å². The number of hydrogen-bond acceptors (Lipinski definition) is 5. The van der Waals surface area contributed by atoms with E-state index >= 15 is 0 Å². The second-order valence-corrected chi connectivity index (χ2v) is 6.26. The highest BCUT2D eigenvalue weighted by Gasteiger charge is 2.22. The summed E-state index contributed by atoms with van der Waals surface area (Å²) < 4.78 is 9.62. The van der Waals surface area contributed by atoms with E-state index in [4.69, 9.17) is 21.1 Å². The predicted molar refractivity (Wildman–Crippen MR) is 106 cm³/mol. The maximum Gasteiger partial charge on any atom is 0.331 e. The van der Waals surface area contributed by atoms with E-state index in [0.717, 1.165) is 11.1 Å². The van der Waals surface area contributed by atoms with Crippen molar-refractivity contribution in [2.45, 2.75) is 12.5 Å². The van der Waals surface area contributed by atoms with Crippen LogP contribution in [0.1, 0.15) is 11.1 Å². The van der Waals surface area contributed by atoms with E-state index < -0.39 is 30.5 Å². The summed E-state index contributed by atoms with van der Waals surface area (Å²) in [4.78, 5) is 35.7. The van der Waals surface area contributed by atoms with Crippen LogP contribution in [0.2, 0.25) is 5.02 Å². The highest BCUT2D eigenvalue weighted by molar-refractivity contribution is 6.30. The minimum absolute atomic E-state index is 0.268. The molecule has 1 amide bonds. The van der Waals surface area contributed by atoms with Gasteiger partial charge in [-0.1, -0.05) is 54.1 Å². The number of rotatable bonds is 8. The van der Waals surface area contributed by atoms with Crippen molar-refractivity contribution in [1.82, 2.24) is 5.32 Å². The predicted octanol–water partition coefficient (Wildman–Crippen LogP) is 2.80. The average molecular weight is 402 g/mol. The molecule has 146 valence electrons. The number of nitrogens with one attached hydrogen (secondary N) is 1. The molecule has 0 aromatic heterocycles. The Bertz CT molecular complexity index is 834. The van der Waals surface area contributed by atoms with Gasteiger partial charge < -0.3 is 14.8 Å². The van der Waals surface area contributed by atoms with Crippen molar-refractivity contribution < 1.29 is 23.9 Å². The standard InChI is InChI=1S/C21H20ClNO5/c1-27-21(26)18(13-16-5-3-2-4-6-16)23-19(24)14-28-20(25)12-9-15-7-10-17(22)11-8-15/h2-12,18H,13-14H2,1H3,(H,23,24)/b12-9+/t18-/m1/s1. The zero-order valence-corrected chi connectivity index (χ0v) is 16.0. The van der Waals surface area contributed by atoms with Gasteiger partial charge in [-0.05, 0) is 29.3 Å². The van der Waals surface area contributed by atoms with Crippen LogP contribution in [0.25, 0.3) is 6.08 Å². The minimum Gasteiger partial charge on any atom is -0.467 e. The number of carbonyl (C=O) groups excluding carboxylic acids is 3. The molecule has 0 bridgehead atoms. The minimum atomic E-state index is -0.872. The van der Waals surface area contributed by atoms with Crippen LogP contribution in [-0.2, 0) is 30.3 Å². The molecule has 0 aliphatic rings. The van der Waals surface area contributed by atoms with E-state index in [9.17, 15) is 14.4 Å². The Morgan fingerprint density at radius 1 is 1.07 bits per heavy atom. The first-order chi connectivity index (χ1) is 13.5. The fourth-order valence-corrected chi connectivity index (χ4v) is 2.47. The van der Waals surface area contributed by atoms with Gasteiger partial charge in [-0.15, -0.1) is 0 Å². The fourth-order valence-electron chi connectivity index (χ4n) is 2.34. The third-order valence-electron chi connectivity index (χ3n) is 3.73. The molecule has 2 aromatic rings. The van der Waals surface area contributed by atoms with Crippen molar-refractivity contribution in [3.8, 4) is 0 Å². The summed E-state index contributed by atoms with van der Waals surface area (Å²) in [6, 6.07) is 15.2. The van der Waals surface area contributed by atoms with Gasteiger partial charge >= 0.3 is 11.9 Å². The maximum absolute atomic E-state index is 12.0. The number of benzene rings is 2. The van der Waals surface area contributed by atoms with Gasteiger partial charge in [0.15, 0.2) is 6.61 Å². The van der Waals surface area contributed by atoms with Crippen LogP contribution in [0, 0.1) is 0 Å². The van der Waals surface area contributed by atoms with Gasteiger partial charge in [0.1, 0.15) is 6.04 Å². The molecule has 28 heavy (non-hydrogen) atoms. The van der Waals surface area contributed by atoms with Crippen LogP contribution in [-0.4, -0.2) is 37.6 Å². The molecule has 2 rings (SSSR count). The molecular formula is C21H20ClNO5. The number of halogens is 1. The molecule has 0 aliphatic heterocycles. The molecule has 2 aromatic carbocycles. The van der Waals surface area contributed by atoms with Crippen molar-refractivity contribution in [2.24, 2.45) is 0 Å². The van der Waals surface area contributed by atoms with Crippen LogP contribution in [0.4, 0.5) is 0 Å². The number of ether oxygens (including phenoxy) is 2. The molecule has 0 radical (unpaired) electrons. The summed E-state index contributed by atoms with van der Waals surface area (Å²) in [6.45, 7) is -0.508. The second-order valence-electron chi connectivity index (χ2n) is 5.83. The molecule has 1 N–H and O–H groups in total. The van der Waals surface area contributed by atoms with E-state index in [1.54, 1.807) is 30.3 Å². The topological polar surface area (TPSA) is 81.7 Å². The highest BCUT2D eigenvalue weighted by Crippen LogP contribution is 2.10. The highest BCUT2D eigenvalue weighted by atomic mass is 35.5. The first kappa shape index (κ1) is 21.2. The first-order valence-corrected chi connectivity index (χ1v) is 8.87. The number of hydrogen-bond donors (Lipinski definition) is 1. The molecule has 7 heteroatoms. The van der Waals surface area contributed by atoms with Crippen LogP contribution >= 0.6 is 11.6 Å². The van der Waals surface area contributed by atoms with Gasteiger partial charge in [0, 0.05) is 17.5 Å². The number of methoxy groups -OCH3 is 1. The molecule has 0 aliphatic carbocycles. The Morgan fingerprint density at radius 2 is 1.75 bits per heavy atom. The average Bonchev–Trinajstić information content (AvgIpc) is 2.71. The van der Waals surface area contributed by atoms with E-state index in [1.165, 1.54) is 13.2 Å². The normalized spacial score (nSPS) is 11.6. The summed E-state index contributed by atoms with van der Waals surface area (Å²) in [7, 11) is 1.24. The quantitative estimate of drug-likeness (QED) is 0.543. The van der Waals surface area contributed by atoms with Crippen LogP contribution in [0.3, 0.4) is 0 Å². The zero-order valence-electron chi connectivity index (χ0n) is 15.3. The van der Waals surface area contributed by atoms with E-state index in [0.29, 0.717) is 5.02 Å². The lowest BCUT2D eigenvalue weighted by atomic mass is 10.1. The third kappa shape index (κ3) is 7.25. The van der Waals surface area contributed by atoms with Crippen molar-refractivity contribution in [3.05, 3.63) is 76.8 Å². The summed E-state index contributed by atoms with van der Waals surface area (Å²) in [5.74, 6) is -1.85. The molecule has 0 unspecified atom stereocenters. The Morgan fingerprint density at radius 3 is 2.39 bits per heavy atom. The van der Waals surface area contributed by atoms with E-state index in [1.807, 2.05) is 30.3 Å². The summed E-state index contributed by atoms with van der Waals surface area (Å²) in [5.41, 5.74) is 1.63. The van der Waals surface area contributed by atoms with Gasteiger partial charge in [0.25, 0.3) is 5.91 Å². The largest absolute Gasteiger partial charge is 0.467 e. The smallest absolute Gasteiger partial charge is 0.331 e. The van der Waals surface area contributed by atoms with Crippen molar-refractivity contribution >= 4 is 35.5 Å². The summed E-state index contributed by atoms with van der Waals surface area (Å²) in [6.07, 6.45) is 3.02. The Balaban J connectivity index is 1.85. The second kappa shape index (κ2) is 10.9. The van der Waals surface area contributed by atoms with Crippen molar-refractivity contribution in [1.29, 1.82) is 0 Å². The molecule has 0 saturated heterocycles. The van der Waals surface area contributed by atoms with Crippen molar-refractivity contribution in [2.75, 3.05) is 13.7 Å².